The normalized spacial score (nSPS) is 10.7. The molecule has 19 heavy (non-hydrogen) atoms. The number of hydrogen-bond donors (Lipinski definition) is 1. The van der Waals surface area contributed by atoms with Crippen LogP contribution < -0.4 is 0 Å². The fourth-order valence-electron chi connectivity index (χ4n) is 1.95. The van der Waals surface area contributed by atoms with Crippen molar-refractivity contribution in [1.82, 2.24) is 14.5 Å². The average molecular weight is 271 g/mol. The van der Waals surface area contributed by atoms with Crippen LogP contribution in [-0.2, 0) is 13.0 Å². The Kier molecular flexibility index (Phi) is 3.29. The lowest BCUT2D eigenvalue weighted by molar-refractivity contribution is 0.465. The summed E-state index contributed by atoms with van der Waals surface area (Å²) in [6.07, 6.45) is 6.23. The molecule has 0 bridgehead atoms. The van der Waals surface area contributed by atoms with Gasteiger partial charge >= 0.3 is 0 Å². The zero-order valence-electron chi connectivity index (χ0n) is 10.2. The van der Waals surface area contributed by atoms with Gasteiger partial charge in [0.1, 0.15) is 11.6 Å². The molecule has 3 rings (SSSR count). The summed E-state index contributed by atoms with van der Waals surface area (Å²) in [5, 5.41) is 12.8. The highest BCUT2D eigenvalue weighted by molar-refractivity contribution is 7.09. The van der Waals surface area contributed by atoms with Gasteiger partial charge in [-0.25, -0.2) is 9.97 Å². The lowest BCUT2D eigenvalue weighted by Gasteiger charge is -2.08. The number of rotatable bonds is 4. The minimum Gasteiger partial charge on any atom is -0.508 e. The number of phenols is 1. The van der Waals surface area contributed by atoms with E-state index in [-0.39, 0.29) is 0 Å². The van der Waals surface area contributed by atoms with Crippen molar-refractivity contribution in [3.8, 4) is 5.75 Å². The molecule has 0 saturated heterocycles. The highest BCUT2D eigenvalue weighted by Gasteiger charge is 2.08. The van der Waals surface area contributed by atoms with Gasteiger partial charge in [-0.3, -0.25) is 0 Å². The first-order valence-electron chi connectivity index (χ1n) is 5.98. The van der Waals surface area contributed by atoms with Gasteiger partial charge in [-0.15, -0.1) is 11.3 Å². The van der Waals surface area contributed by atoms with Crippen molar-refractivity contribution in [1.29, 1.82) is 0 Å². The van der Waals surface area contributed by atoms with E-state index in [0.717, 1.165) is 22.8 Å². The molecule has 1 N–H and O–H groups in total. The Morgan fingerprint density at radius 1 is 1.16 bits per heavy atom. The third kappa shape index (κ3) is 2.66. The molecular formula is C14H13N3OS. The quantitative estimate of drug-likeness (QED) is 0.793. The summed E-state index contributed by atoms with van der Waals surface area (Å²) in [5.41, 5.74) is 0.890. The molecule has 2 aromatic heterocycles. The largest absolute Gasteiger partial charge is 0.508 e. The molecule has 2 heterocycles. The Morgan fingerprint density at radius 3 is 2.84 bits per heavy atom. The summed E-state index contributed by atoms with van der Waals surface area (Å²) in [6, 6.07) is 7.37. The van der Waals surface area contributed by atoms with Gasteiger partial charge in [0, 0.05) is 29.5 Å². The monoisotopic (exact) mass is 271 g/mol. The van der Waals surface area contributed by atoms with Gasteiger partial charge in [0.05, 0.1) is 18.0 Å². The van der Waals surface area contributed by atoms with Crippen LogP contribution in [-0.4, -0.2) is 19.6 Å². The molecule has 0 amide bonds. The molecule has 5 heteroatoms. The summed E-state index contributed by atoms with van der Waals surface area (Å²) >= 11 is 1.63. The summed E-state index contributed by atoms with van der Waals surface area (Å²) in [4.78, 5) is 8.64. The van der Waals surface area contributed by atoms with E-state index in [2.05, 4.69) is 9.97 Å². The Balaban J connectivity index is 1.83. The van der Waals surface area contributed by atoms with E-state index in [1.165, 1.54) is 0 Å². The summed E-state index contributed by atoms with van der Waals surface area (Å²) in [5.74, 6) is 1.27. The van der Waals surface area contributed by atoms with Gasteiger partial charge in [-0.2, -0.15) is 0 Å². The predicted octanol–water partition coefficient (Wildman–Crippen LogP) is 2.68. The van der Waals surface area contributed by atoms with Crippen LogP contribution in [0.5, 0.6) is 5.75 Å². The molecule has 4 nitrogen and oxygen atoms in total. The molecule has 96 valence electrons. The Labute approximate surface area is 115 Å². The van der Waals surface area contributed by atoms with Crippen molar-refractivity contribution >= 4 is 11.3 Å². The zero-order chi connectivity index (χ0) is 13.1. The highest BCUT2D eigenvalue weighted by atomic mass is 32.1. The lowest BCUT2D eigenvalue weighted by atomic mass is 10.2. The number of phenolic OH excluding ortho intramolecular Hbond substituents is 1. The van der Waals surface area contributed by atoms with E-state index < -0.39 is 0 Å². The number of imidazole rings is 1. The third-order valence-corrected chi connectivity index (χ3v) is 3.71. The molecule has 0 aliphatic heterocycles. The van der Waals surface area contributed by atoms with Crippen LogP contribution in [0.3, 0.4) is 0 Å². The predicted molar refractivity (Wildman–Crippen MR) is 74.4 cm³/mol. The maximum atomic E-state index is 9.81. The Morgan fingerprint density at radius 2 is 2.05 bits per heavy atom. The van der Waals surface area contributed by atoms with E-state index in [0.29, 0.717) is 12.3 Å². The molecule has 0 fully saturated rings. The van der Waals surface area contributed by atoms with Crippen LogP contribution in [0.4, 0.5) is 0 Å². The van der Waals surface area contributed by atoms with Gasteiger partial charge in [0.25, 0.3) is 0 Å². The van der Waals surface area contributed by atoms with Gasteiger partial charge in [-0.05, 0) is 6.07 Å². The minimum atomic E-state index is 0.316. The number of hydrogen-bond acceptors (Lipinski definition) is 4. The van der Waals surface area contributed by atoms with Gasteiger partial charge in [0.2, 0.25) is 0 Å². The topological polar surface area (TPSA) is 50.9 Å². The fourth-order valence-corrected chi connectivity index (χ4v) is 2.57. The second-order valence-electron chi connectivity index (χ2n) is 4.20. The molecule has 0 spiro atoms. The Bertz CT molecular complexity index is 661. The van der Waals surface area contributed by atoms with Crippen molar-refractivity contribution in [2.45, 2.75) is 13.0 Å². The molecule has 0 radical (unpaired) electrons. The number of aromatic hydroxyl groups is 1. The van der Waals surface area contributed by atoms with E-state index >= 15 is 0 Å². The van der Waals surface area contributed by atoms with E-state index in [1.807, 2.05) is 34.3 Å². The molecule has 0 atom stereocenters. The minimum absolute atomic E-state index is 0.316. The molecule has 3 aromatic rings. The van der Waals surface area contributed by atoms with E-state index in [4.69, 9.17) is 0 Å². The van der Waals surface area contributed by atoms with E-state index in [1.54, 1.807) is 29.8 Å². The fraction of sp³-hybridized carbons (Fsp3) is 0.143. The smallest absolute Gasteiger partial charge is 0.120 e. The average Bonchev–Trinajstić information content (AvgIpc) is 3.06. The molecule has 0 unspecified atom stereocenters. The third-order valence-electron chi connectivity index (χ3n) is 2.93. The van der Waals surface area contributed by atoms with Crippen LogP contribution in [0.2, 0.25) is 0 Å². The van der Waals surface area contributed by atoms with Crippen molar-refractivity contribution in [3.05, 3.63) is 64.6 Å². The molecule has 0 aliphatic carbocycles. The van der Waals surface area contributed by atoms with E-state index in [9.17, 15) is 5.11 Å². The maximum Gasteiger partial charge on any atom is 0.120 e. The number of aromatic nitrogens is 3. The second-order valence-corrected chi connectivity index (χ2v) is 5.18. The van der Waals surface area contributed by atoms with Crippen molar-refractivity contribution in [2.24, 2.45) is 0 Å². The number of benzene rings is 1. The standard InChI is InChI=1S/C14H13N3OS/c18-12-4-2-1-3-11(12)10-17-7-5-15-13(17)9-14-16-6-8-19-14/h1-8,18H,9-10H2. The van der Waals surface area contributed by atoms with Gasteiger partial charge < -0.3 is 9.67 Å². The summed E-state index contributed by atoms with van der Waals surface area (Å²) in [7, 11) is 0. The van der Waals surface area contributed by atoms with Gasteiger partial charge in [0.15, 0.2) is 0 Å². The maximum absolute atomic E-state index is 9.81. The van der Waals surface area contributed by atoms with Crippen LogP contribution in [0.1, 0.15) is 16.4 Å². The van der Waals surface area contributed by atoms with Crippen molar-refractivity contribution < 1.29 is 5.11 Å². The number of para-hydroxylation sites is 1. The van der Waals surface area contributed by atoms with Crippen LogP contribution in [0.25, 0.3) is 0 Å². The molecular weight excluding hydrogens is 258 g/mol. The van der Waals surface area contributed by atoms with Crippen LogP contribution in [0.15, 0.2) is 48.2 Å². The van der Waals surface area contributed by atoms with Gasteiger partial charge in [-0.1, -0.05) is 18.2 Å². The SMILES string of the molecule is Oc1ccccc1Cn1ccnc1Cc1nccs1. The first-order valence-corrected chi connectivity index (χ1v) is 6.86. The summed E-state index contributed by atoms with van der Waals surface area (Å²) in [6.45, 7) is 0.618. The summed E-state index contributed by atoms with van der Waals surface area (Å²) < 4.78 is 2.04. The second kappa shape index (κ2) is 5.24. The van der Waals surface area contributed by atoms with Crippen molar-refractivity contribution in [3.63, 3.8) is 0 Å². The first kappa shape index (κ1) is 11.9. The van der Waals surface area contributed by atoms with Crippen LogP contribution >= 0.6 is 11.3 Å². The molecule has 0 saturated carbocycles. The lowest BCUT2D eigenvalue weighted by Crippen LogP contribution is -2.05. The first-order chi connectivity index (χ1) is 9.33. The number of thiazole rings is 1. The van der Waals surface area contributed by atoms with Crippen LogP contribution in [0, 0.1) is 0 Å². The zero-order valence-corrected chi connectivity index (χ0v) is 11.0. The molecule has 0 aliphatic rings. The molecule has 1 aromatic carbocycles. The Hall–Kier alpha value is -2.14. The van der Waals surface area contributed by atoms with Crippen molar-refractivity contribution in [2.75, 3.05) is 0 Å². The number of nitrogens with zero attached hydrogens (tertiary/aromatic N) is 3. The highest BCUT2D eigenvalue weighted by Crippen LogP contribution is 2.18.